The highest BCUT2D eigenvalue weighted by atomic mass is 35.7. The third-order valence-electron chi connectivity index (χ3n) is 1.96. The highest BCUT2D eigenvalue weighted by molar-refractivity contribution is 8.13. The highest BCUT2D eigenvalue weighted by Crippen LogP contribution is 2.36. The fourth-order valence-electron chi connectivity index (χ4n) is 1.28. The van der Waals surface area contributed by atoms with Crippen LogP contribution in [0, 0.1) is 5.92 Å². The Kier molecular flexibility index (Phi) is 5.87. The summed E-state index contributed by atoms with van der Waals surface area (Å²) in [7, 11) is 1.59. The minimum atomic E-state index is -3.55. The van der Waals surface area contributed by atoms with E-state index >= 15 is 0 Å². The van der Waals surface area contributed by atoms with Gasteiger partial charge in [0.1, 0.15) is 0 Å². The second-order valence-electron chi connectivity index (χ2n) is 3.82. The molecule has 0 saturated carbocycles. The SMILES string of the molecule is CC(COc1c(Cl)cc(Cl)cc1Cl)CS(=O)(=O)Cl. The Morgan fingerprint density at radius 1 is 1.22 bits per heavy atom. The van der Waals surface area contributed by atoms with Gasteiger partial charge in [0.15, 0.2) is 5.75 Å². The maximum Gasteiger partial charge on any atom is 0.232 e. The Morgan fingerprint density at radius 3 is 2.17 bits per heavy atom. The molecule has 0 heterocycles. The Labute approximate surface area is 125 Å². The van der Waals surface area contributed by atoms with Crippen LogP contribution < -0.4 is 4.74 Å². The summed E-state index contributed by atoms with van der Waals surface area (Å²) in [5, 5.41) is 0.940. The number of rotatable bonds is 5. The van der Waals surface area contributed by atoms with Crippen molar-refractivity contribution >= 4 is 54.5 Å². The van der Waals surface area contributed by atoms with E-state index in [0.717, 1.165) is 0 Å². The zero-order chi connectivity index (χ0) is 13.9. The average molecular weight is 352 g/mol. The molecule has 0 bridgehead atoms. The highest BCUT2D eigenvalue weighted by Gasteiger charge is 2.15. The topological polar surface area (TPSA) is 43.4 Å². The zero-order valence-electron chi connectivity index (χ0n) is 9.29. The molecule has 1 aromatic carbocycles. The second-order valence-corrected chi connectivity index (χ2v) is 7.89. The summed E-state index contributed by atoms with van der Waals surface area (Å²) in [6, 6.07) is 2.99. The van der Waals surface area contributed by atoms with Crippen molar-refractivity contribution in [1.29, 1.82) is 0 Å². The van der Waals surface area contributed by atoms with Gasteiger partial charge >= 0.3 is 0 Å². The van der Waals surface area contributed by atoms with Crippen LogP contribution in [-0.2, 0) is 9.05 Å². The molecule has 0 aliphatic carbocycles. The molecule has 3 nitrogen and oxygen atoms in total. The molecule has 0 spiro atoms. The van der Waals surface area contributed by atoms with Crippen molar-refractivity contribution in [3.8, 4) is 5.75 Å². The van der Waals surface area contributed by atoms with Crippen LogP contribution in [0.2, 0.25) is 15.1 Å². The van der Waals surface area contributed by atoms with Gasteiger partial charge in [0.2, 0.25) is 9.05 Å². The van der Waals surface area contributed by atoms with Gasteiger partial charge in [-0.3, -0.25) is 0 Å². The summed E-state index contributed by atoms with van der Waals surface area (Å²) < 4.78 is 27.1. The van der Waals surface area contributed by atoms with E-state index in [1.165, 1.54) is 12.1 Å². The van der Waals surface area contributed by atoms with E-state index in [9.17, 15) is 8.42 Å². The molecule has 0 aliphatic heterocycles. The molecule has 1 atom stereocenters. The molecule has 0 aliphatic rings. The molecular formula is C10H10Cl4O3S. The van der Waals surface area contributed by atoms with Crippen molar-refractivity contribution in [2.24, 2.45) is 5.92 Å². The quantitative estimate of drug-likeness (QED) is 0.745. The molecule has 0 fully saturated rings. The normalized spacial score (nSPS) is 13.4. The minimum absolute atomic E-state index is 0.132. The van der Waals surface area contributed by atoms with Crippen molar-refractivity contribution in [2.75, 3.05) is 12.4 Å². The summed E-state index contributed by atoms with van der Waals surface area (Å²) in [6.45, 7) is 1.82. The van der Waals surface area contributed by atoms with Gasteiger partial charge < -0.3 is 4.74 Å². The van der Waals surface area contributed by atoms with Crippen LogP contribution in [0.15, 0.2) is 12.1 Å². The molecule has 0 saturated heterocycles. The standard InChI is InChI=1S/C10H10Cl4O3S/c1-6(5-18(14,15)16)4-17-10-8(12)2-7(11)3-9(10)13/h2-3,6H,4-5H2,1H3. The van der Waals surface area contributed by atoms with E-state index < -0.39 is 9.05 Å². The van der Waals surface area contributed by atoms with Crippen molar-refractivity contribution < 1.29 is 13.2 Å². The number of halogens is 4. The molecule has 1 aromatic rings. The van der Waals surface area contributed by atoms with Crippen molar-refractivity contribution in [3.63, 3.8) is 0 Å². The van der Waals surface area contributed by atoms with Gasteiger partial charge in [-0.15, -0.1) is 0 Å². The predicted octanol–water partition coefficient (Wildman–Crippen LogP) is 4.23. The van der Waals surface area contributed by atoms with Crippen molar-refractivity contribution in [3.05, 3.63) is 27.2 Å². The fourth-order valence-corrected chi connectivity index (χ4v) is 3.63. The van der Waals surface area contributed by atoms with Gasteiger partial charge in [0.05, 0.1) is 22.4 Å². The molecule has 0 amide bonds. The number of benzene rings is 1. The number of ether oxygens (including phenoxy) is 1. The molecular weight excluding hydrogens is 342 g/mol. The average Bonchev–Trinajstić information content (AvgIpc) is 2.12. The Balaban J connectivity index is 2.70. The van der Waals surface area contributed by atoms with Gasteiger partial charge in [-0.2, -0.15) is 0 Å². The van der Waals surface area contributed by atoms with Crippen LogP contribution >= 0.6 is 45.5 Å². The summed E-state index contributed by atoms with van der Waals surface area (Å²) in [5.74, 6) is -0.186. The van der Waals surface area contributed by atoms with Crippen LogP contribution in [-0.4, -0.2) is 20.8 Å². The van der Waals surface area contributed by atoms with E-state index in [1.54, 1.807) is 6.92 Å². The first-order chi connectivity index (χ1) is 8.19. The van der Waals surface area contributed by atoms with Gasteiger partial charge in [0.25, 0.3) is 0 Å². The van der Waals surface area contributed by atoms with E-state index in [2.05, 4.69) is 0 Å². The lowest BCUT2D eigenvalue weighted by Gasteiger charge is -2.14. The van der Waals surface area contributed by atoms with Crippen molar-refractivity contribution in [2.45, 2.75) is 6.92 Å². The van der Waals surface area contributed by atoms with Gasteiger partial charge in [-0.25, -0.2) is 8.42 Å². The predicted molar refractivity (Wildman–Crippen MR) is 75.8 cm³/mol. The second kappa shape index (κ2) is 6.53. The number of hydrogen-bond acceptors (Lipinski definition) is 3. The van der Waals surface area contributed by atoms with Crippen LogP contribution in [0.5, 0.6) is 5.75 Å². The first-order valence-electron chi connectivity index (χ1n) is 4.88. The molecule has 1 rings (SSSR count). The smallest absolute Gasteiger partial charge is 0.232 e. The third-order valence-corrected chi connectivity index (χ3v) is 4.08. The zero-order valence-corrected chi connectivity index (χ0v) is 13.1. The summed E-state index contributed by atoms with van der Waals surface area (Å²) in [6.07, 6.45) is 0. The van der Waals surface area contributed by atoms with Crippen LogP contribution in [0.4, 0.5) is 0 Å². The molecule has 0 aromatic heterocycles. The lowest BCUT2D eigenvalue weighted by molar-refractivity contribution is 0.272. The largest absolute Gasteiger partial charge is 0.490 e. The molecule has 0 radical (unpaired) electrons. The Hall–Kier alpha value is 0.130. The van der Waals surface area contributed by atoms with Crippen LogP contribution in [0.25, 0.3) is 0 Å². The molecule has 18 heavy (non-hydrogen) atoms. The number of hydrogen-bond donors (Lipinski definition) is 0. The first-order valence-corrected chi connectivity index (χ1v) is 8.50. The molecule has 1 unspecified atom stereocenters. The van der Waals surface area contributed by atoms with Crippen LogP contribution in [0.3, 0.4) is 0 Å². The first kappa shape index (κ1) is 16.2. The van der Waals surface area contributed by atoms with Crippen LogP contribution in [0.1, 0.15) is 6.92 Å². The van der Waals surface area contributed by atoms with Gasteiger partial charge in [-0.1, -0.05) is 41.7 Å². The monoisotopic (exact) mass is 350 g/mol. The third kappa shape index (κ3) is 5.41. The van der Waals surface area contributed by atoms with Crippen molar-refractivity contribution in [1.82, 2.24) is 0 Å². The van der Waals surface area contributed by atoms with Gasteiger partial charge in [0, 0.05) is 21.6 Å². The van der Waals surface area contributed by atoms with Gasteiger partial charge in [-0.05, 0) is 12.1 Å². The Morgan fingerprint density at radius 2 is 1.72 bits per heavy atom. The van der Waals surface area contributed by atoms with E-state index in [-0.39, 0.29) is 34.1 Å². The molecule has 0 N–H and O–H groups in total. The molecule has 8 heteroatoms. The maximum atomic E-state index is 10.9. The summed E-state index contributed by atoms with van der Waals surface area (Å²) >= 11 is 17.6. The molecule has 102 valence electrons. The summed E-state index contributed by atoms with van der Waals surface area (Å²) in [4.78, 5) is 0. The maximum absolute atomic E-state index is 10.9. The lowest BCUT2D eigenvalue weighted by atomic mass is 10.2. The van der Waals surface area contributed by atoms with E-state index in [0.29, 0.717) is 5.02 Å². The minimum Gasteiger partial charge on any atom is -0.490 e. The van der Waals surface area contributed by atoms with E-state index in [4.69, 9.17) is 50.2 Å². The fraction of sp³-hybridized carbons (Fsp3) is 0.400. The summed E-state index contributed by atoms with van der Waals surface area (Å²) in [5.41, 5.74) is 0. The van der Waals surface area contributed by atoms with E-state index in [1.807, 2.05) is 0 Å². The lowest BCUT2D eigenvalue weighted by Crippen LogP contribution is -2.16. The Bertz CT molecular complexity index is 507.